The number of nitrogens with two attached hydrogens (primary N) is 1. The first-order chi connectivity index (χ1) is 8.90. The molecule has 8 heteroatoms. The highest BCUT2D eigenvalue weighted by Crippen LogP contribution is 2.26. The normalized spacial score (nSPS) is 11.7. The molecule has 102 valence electrons. The zero-order valence-corrected chi connectivity index (χ0v) is 11.6. The highest BCUT2D eigenvalue weighted by atomic mass is 35.5. The SMILES string of the molecule is Cc1cc(Cl)c(S(=O)(=O)NCc2ccon2)cc1N. The molecule has 1 heterocycles. The van der Waals surface area contributed by atoms with Gasteiger partial charge in [0.1, 0.15) is 11.2 Å². The summed E-state index contributed by atoms with van der Waals surface area (Å²) in [7, 11) is -3.75. The van der Waals surface area contributed by atoms with Crippen LogP contribution in [0.1, 0.15) is 11.3 Å². The summed E-state index contributed by atoms with van der Waals surface area (Å²) in [4.78, 5) is -0.0549. The lowest BCUT2D eigenvalue weighted by Gasteiger charge is -2.09. The van der Waals surface area contributed by atoms with Crippen LogP contribution in [-0.2, 0) is 16.6 Å². The van der Waals surface area contributed by atoms with Gasteiger partial charge >= 0.3 is 0 Å². The van der Waals surface area contributed by atoms with Crippen molar-refractivity contribution in [3.63, 3.8) is 0 Å². The second-order valence-corrected chi connectivity index (χ2v) is 6.10. The number of halogens is 1. The van der Waals surface area contributed by atoms with Crippen LogP contribution in [0.25, 0.3) is 0 Å². The lowest BCUT2D eigenvalue weighted by Crippen LogP contribution is -2.24. The number of benzene rings is 1. The maximum Gasteiger partial charge on any atom is 0.242 e. The first-order valence-corrected chi connectivity index (χ1v) is 7.21. The number of aryl methyl sites for hydroxylation is 1. The van der Waals surface area contributed by atoms with Crippen LogP contribution in [0.2, 0.25) is 5.02 Å². The molecule has 0 atom stereocenters. The molecule has 0 fully saturated rings. The van der Waals surface area contributed by atoms with Crippen molar-refractivity contribution in [2.24, 2.45) is 0 Å². The minimum Gasteiger partial charge on any atom is -0.398 e. The Morgan fingerprint density at radius 3 is 2.84 bits per heavy atom. The van der Waals surface area contributed by atoms with E-state index in [9.17, 15) is 8.42 Å². The van der Waals surface area contributed by atoms with Crippen LogP contribution in [0.4, 0.5) is 5.69 Å². The Hall–Kier alpha value is -1.57. The van der Waals surface area contributed by atoms with E-state index in [0.717, 1.165) is 5.56 Å². The van der Waals surface area contributed by atoms with Crippen molar-refractivity contribution in [2.45, 2.75) is 18.4 Å². The number of nitrogens with one attached hydrogen (secondary N) is 1. The number of anilines is 1. The highest BCUT2D eigenvalue weighted by molar-refractivity contribution is 7.89. The van der Waals surface area contributed by atoms with Crippen LogP contribution in [0.3, 0.4) is 0 Å². The topological polar surface area (TPSA) is 98.2 Å². The van der Waals surface area contributed by atoms with Gasteiger partial charge in [0.15, 0.2) is 0 Å². The number of hydrogen-bond acceptors (Lipinski definition) is 5. The van der Waals surface area contributed by atoms with E-state index in [1.54, 1.807) is 13.0 Å². The fraction of sp³-hybridized carbons (Fsp3) is 0.182. The molecule has 0 aliphatic heterocycles. The molecule has 0 radical (unpaired) electrons. The van der Waals surface area contributed by atoms with Crippen molar-refractivity contribution in [3.8, 4) is 0 Å². The van der Waals surface area contributed by atoms with Crippen molar-refractivity contribution < 1.29 is 12.9 Å². The number of sulfonamides is 1. The van der Waals surface area contributed by atoms with E-state index in [4.69, 9.17) is 17.3 Å². The fourth-order valence-corrected chi connectivity index (χ4v) is 3.06. The molecule has 0 amide bonds. The molecule has 0 saturated heterocycles. The molecule has 1 aromatic heterocycles. The standard InChI is InChI=1S/C11H12ClN3O3S/c1-7-4-9(12)11(5-10(7)13)19(16,17)14-6-8-2-3-18-15-8/h2-5,14H,6,13H2,1H3. The lowest BCUT2D eigenvalue weighted by atomic mass is 10.2. The molecular weight excluding hydrogens is 290 g/mol. The molecule has 2 rings (SSSR count). The lowest BCUT2D eigenvalue weighted by molar-refractivity contribution is 0.411. The van der Waals surface area contributed by atoms with Crippen LogP contribution in [0.5, 0.6) is 0 Å². The number of aromatic nitrogens is 1. The van der Waals surface area contributed by atoms with Gasteiger partial charge in [0.25, 0.3) is 0 Å². The number of nitrogens with zero attached hydrogens (tertiary/aromatic N) is 1. The molecule has 3 N–H and O–H groups in total. The first kappa shape index (κ1) is 13.9. The minimum atomic E-state index is -3.75. The second-order valence-electron chi connectivity index (χ2n) is 3.95. The summed E-state index contributed by atoms with van der Waals surface area (Å²) in [5.41, 5.74) is 7.26. The van der Waals surface area contributed by atoms with Crippen molar-refractivity contribution >= 4 is 27.3 Å². The number of nitrogen functional groups attached to an aromatic ring is 1. The zero-order chi connectivity index (χ0) is 14.0. The highest BCUT2D eigenvalue weighted by Gasteiger charge is 2.19. The van der Waals surface area contributed by atoms with Crippen LogP contribution >= 0.6 is 11.6 Å². The van der Waals surface area contributed by atoms with Gasteiger partial charge in [-0.1, -0.05) is 16.8 Å². The Bertz CT molecular complexity index is 683. The van der Waals surface area contributed by atoms with E-state index < -0.39 is 10.0 Å². The fourth-order valence-electron chi connectivity index (χ4n) is 1.45. The zero-order valence-electron chi connectivity index (χ0n) is 10.1. The number of hydrogen-bond donors (Lipinski definition) is 2. The molecule has 6 nitrogen and oxygen atoms in total. The molecule has 0 saturated carbocycles. The van der Waals surface area contributed by atoms with Gasteiger partial charge in [0, 0.05) is 11.8 Å². The van der Waals surface area contributed by atoms with E-state index in [2.05, 4.69) is 14.4 Å². The van der Waals surface area contributed by atoms with Gasteiger partial charge in [-0.3, -0.25) is 0 Å². The summed E-state index contributed by atoms with van der Waals surface area (Å²) < 4.78 is 31.2. The van der Waals surface area contributed by atoms with Gasteiger partial charge in [-0.2, -0.15) is 0 Å². The Kier molecular flexibility index (Phi) is 3.79. The molecule has 0 aliphatic rings. The molecule has 0 aliphatic carbocycles. The first-order valence-electron chi connectivity index (χ1n) is 5.34. The summed E-state index contributed by atoms with van der Waals surface area (Å²) in [6.45, 7) is 1.77. The average molecular weight is 302 g/mol. The minimum absolute atomic E-state index is 0.0168. The predicted octanol–water partition coefficient (Wildman–Crippen LogP) is 1.70. The Balaban J connectivity index is 2.27. The van der Waals surface area contributed by atoms with E-state index in [1.807, 2.05) is 0 Å². The Labute approximate surface area is 115 Å². The van der Waals surface area contributed by atoms with Crippen molar-refractivity contribution in [2.75, 3.05) is 5.73 Å². The second kappa shape index (κ2) is 5.20. The van der Waals surface area contributed by atoms with Gasteiger partial charge in [0.05, 0.1) is 17.3 Å². The van der Waals surface area contributed by atoms with E-state index in [-0.39, 0.29) is 16.5 Å². The molecule has 0 unspecified atom stereocenters. The third-order valence-electron chi connectivity index (χ3n) is 2.54. The van der Waals surface area contributed by atoms with Crippen LogP contribution in [-0.4, -0.2) is 13.6 Å². The van der Waals surface area contributed by atoms with E-state index in [1.165, 1.54) is 18.4 Å². The third-order valence-corrected chi connectivity index (χ3v) is 4.41. The van der Waals surface area contributed by atoms with Gasteiger partial charge < -0.3 is 10.3 Å². The summed E-state index contributed by atoms with van der Waals surface area (Å²) >= 11 is 5.94. The third kappa shape index (κ3) is 3.06. The van der Waals surface area contributed by atoms with Crippen LogP contribution in [0, 0.1) is 6.92 Å². The van der Waals surface area contributed by atoms with Crippen molar-refractivity contribution in [3.05, 3.63) is 40.7 Å². The number of rotatable bonds is 4. The molecule has 2 aromatic rings. The van der Waals surface area contributed by atoms with Crippen LogP contribution < -0.4 is 10.5 Å². The maximum absolute atomic E-state index is 12.1. The Morgan fingerprint density at radius 2 is 2.21 bits per heavy atom. The average Bonchev–Trinajstić information content (AvgIpc) is 2.84. The van der Waals surface area contributed by atoms with Crippen molar-refractivity contribution in [1.29, 1.82) is 0 Å². The molecule has 0 bridgehead atoms. The molecular formula is C11H12ClN3O3S. The van der Waals surface area contributed by atoms with Gasteiger partial charge in [-0.05, 0) is 24.6 Å². The summed E-state index contributed by atoms with van der Waals surface area (Å²) in [5, 5.41) is 3.73. The summed E-state index contributed by atoms with van der Waals surface area (Å²) in [5.74, 6) is 0. The van der Waals surface area contributed by atoms with E-state index >= 15 is 0 Å². The van der Waals surface area contributed by atoms with Gasteiger partial charge in [-0.15, -0.1) is 0 Å². The molecule has 19 heavy (non-hydrogen) atoms. The summed E-state index contributed by atoms with van der Waals surface area (Å²) in [6, 6.07) is 4.41. The predicted molar refractivity (Wildman–Crippen MR) is 71.1 cm³/mol. The van der Waals surface area contributed by atoms with Crippen LogP contribution in [0.15, 0.2) is 33.9 Å². The van der Waals surface area contributed by atoms with Crippen molar-refractivity contribution in [1.82, 2.24) is 9.88 Å². The molecule has 1 aromatic carbocycles. The van der Waals surface area contributed by atoms with E-state index in [0.29, 0.717) is 11.4 Å². The monoisotopic (exact) mass is 301 g/mol. The summed E-state index contributed by atoms with van der Waals surface area (Å²) in [6.07, 6.45) is 1.36. The maximum atomic E-state index is 12.1. The smallest absolute Gasteiger partial charge is 0.242 e. The largest absolute Gasteiger partial charge is 0.398 e. The molecule has 0 spiro atoms. The Morgan fingerprint density at radius 1 is 1.47 bits per heavy atom. The van der Waals surface area contributed by atoms with Gasteiger partial charge in [0.2, 0.25) is 10.0 Å². The quantitative estimate of drug-likeness (QED) is 0.837. The van der Waals surface area contributed by atoms with Gasteiger partial charge in [-0.25, -0.2) is 13.1 Å².